The zero-order valence-electron chi connectivity index (χ0n) is 11.7. The molecule has 7 nitrogen and oxygen atoms in total. The molecular formula is C14H16N4O3. The van der Waals surface area contributed by atoms with E-state index in [0.29, 0.717) is 11.4 Å². The van der Waals surface area contributed by atoms with Crippen molar-refractivity contribution in [2.24, 2.45) is 0 Å². The van der Waals surface area contributed by atoms with Gasteiger partial charge in [0.05, 0.1) is 0 Å². The lowest BCUT2D eigenvalue weighted by Gasteiger charge is -2.13. The van der Waals surface area contributed by atoms with Crippen LogP contribution in [0.2, 0.25) is 0 Å². The quantitative estimate of drug-likeness (QED) is 0.772. The Morgan fingerprint density at radius 1 is 1.24 bits per heavy atom. The number of H-pyrrole nitrogens is 1. The highest BCUT2D eigenvalue weighted by Crippen LogP contribution is 2.14. The number of hydrogen-bond acceptors (Lipinski definition) is 4. The standard InChI is InChI=1S/C14H16N4O3/c1-8(2)11-16-12(18-17-11)13(19)15-10(14(20)21)9-6-4-3-5-7-9/h3-8,10H,1-2H3,(H,15,19)(H,20,21)(H,16,17,18)/t10-/m1/s1. The smallest absolute Gasteiger partial charge is 0.330 e. The summed E-state index contributed by atoms with van der Waals surface area (Å²) in [6.45, 7) is 3.82. The molecule has 2 aromatic rings. The molecule has 0 aliphatic rings. The van der Waals surface area contributed by atoms with Crippen LogP contribution in [-0.4, -0.2) is 32.2 Å². The summed E-state index contributed by atoms with van der Waals surface area (Å²) in [6.07, 6.45) is 0. The lowest BCUT2D eigenvalue weighted by atomic mass is 10.1. The SMILES string of the molecule is CC(C)c1nc(C(=O)N[C@@H](C(=O)O)c2ccccc2)n[nH]1. The van der Waals surface area contributed by atoms with E-state index in [9.17, 15) is 14.7 Å². The first-order chi connectivity index (χ1) is 9.99. The molecular weight excluding hydrogens is 272 g/mol. The first-order valence-electron chi connectivity index (χ1n) is 6.50. The second kappa shape index (κ2) is 6.17. The molecule has 0 saturated carbocycles. The summed E-state index contributed by atoms with van der Waals surface area (Å²) < 4.78 is 0. The number of carbonyl (C=O) groups is 2. The first-order valence-corrected chi connectivity index (χ1v) is 6.50. The number of aliphatic carboxylic acids is 1. The van der Waals surface area contributed by atoms with E-state index in [1.165, 1.54) is 0 Å². The molecule has 1 aromatic carbocycles. The second-order valence-electron chi connectivity index (χ2n) is 4.85. The predicted molar refractivity (Wildman–Crippen MR) is 74.8 cm³/mol. The molecule has 2 rings (SSSR count). The molecule has 0 unspecified atom stereocenters. The van der Waals surface area contributed by atoms with Crippen LogP contribution in [-0.2, 0) is 4.79 Å². The van der Waals surface area contributed by atoms with Gasteiger partial charge in [-0.15, -0.1) is 5.10 Å². The molecule has 0 saturated heterocycles. The molecule has 1 atom stereocenters. The van der Waals surface area contributed by atoms with Crippen LogP contribution >= 0.6 is 0 Å². The van der Waals surface area contributed by atoms with Crippen molar-refractivity contribution in [3.8, 4) is 0 Å². The van der Waals surface area contributed by atoms with Crippen LogP contribution in [0, 0.1) is 0 Å². The van der Waals surface area contributed by atoms with Gasteiger partial charge in [-0.1, -0.05) is 44.2 Å². The topological polar surface area (TPSA) is 108 Å². The van der Waals surface area contributed by atoms with E-state index < -0.39 is 17.9 Å². The summed E-state index contributed by atoms with van der Waals surface area (Å²) in [7, 11) is 0. The number of nitrogens with zero attached hydrogens (tertiary/aromatic N) is 2. The Labute approximate surface area is 121 Å². The minimum Gasteiger partial charge on any atom is -0.479 e. The fourth-order valence-electron chi connectivity index (χ4n) is 1.76. The maximum Gasteiger partial charge on any atom is 0.330 e. The fraction of sp³-hybridized carbons (Fsp3) is 0.286. The number of amides is 1. The van der Waals surface area contributed by atoms with Crippen LogP contribution < -0.4 is 5.32 Å². The normalized spacial score (nSPS) is 12.1. The minimum absolute atomic E-state index is 0.0686. The summed E-state index contributed by atoms with van der Waals surface area (Å²) >= 11 is 0. The van der Waals surface area contributed by atoms with Crippen LogP contribution in [0.25, 0.3) is 0 Å². The Kier molecular flexibility index (Phi) is 4.32. The highest BCUT2D eigenvalue weighted by atomic mass is 16.4. The van der Waals surface area contributed by atoms with Gasteiger partial charge >= 0.3 is 5.97 Å². The molecule has 3 N–H and O–H groups in total. The monoisotopic (exact) mass is 288 g/mol. The van der Waals surface area contributed by atoms with Gasteiger partial charge in [0.1, 0.15) is 5.82 Å². The Morgan fingerprint density at radius 2 is 1.90 bits per heavy atom. The molecule has 0 spiro atoms. The van der Waals surface area contributed by atoms with Gasteiger partial charge in [-0.25, -0.2) is 9.78 Å². The molecule has 0 fully saturated rings. The number of nitrogens with one attached hydrogen (secondary N) is 2. The third-order valence-electron chi connectivity index (χ3n) is 2.91. The predicted octanol–water partition coefficient (Wildman–Crippen LogP) is 1.48. The zero-order valence-corrected chi connectivity index (χ0v) is 11.7. The van der Waals surface area contributed by atoms with Crippen molar-refractivity contribution in [2.45, 2.75) is 25.8 Å². The first kappa shape index (κ1) is 14.7. The molecule has 21 heavy (non-hydrogen) atoms. The number of carbonyl (C=O) groups excluding carboxylic acids is 1. The van der Waals surface area contributed by atoms with Crippen LogP contribution in [0.4, 0.5) is 0 Å². The van der Waals surface area contributed by atoms with Crippen molar-refractivity contribution in [2.75, 3.05) is 0 Å². The van der Waals surface area contributed by atoms with Crippen molar-refractivity contribution in [3.63, 3.8) is 0 Å². The second-order valence-corrected chi connectivity index (χ2v) is 4.85. The summed E-state index contributed by atoms with van der Waals surface area (Å²) in [5.41, 5.74) is 0.484. The molecule has 0 radical (unpaired) electrons. The van der Waals surface area contributed by atoms with Gasteiger partial charge in [-0.2, -0.15) is 0 Å². The van der Waals surface area contributed by atoms with Gasteiger partial charge in [0.2, 0.25) is 5.82 Å². The van der Waals surface area contributed by atoms with Crippen molar-refractivity contribution in [1.82, 2.24) is 20.5 Å². The molecule has 1 amide bonds. The van der Waals surface area contributed by atoms with Crippen LogP contribution in [0.1, 0.15) is 47.8 Å². The minimum atomic E-state index is -1.14. The Hall–Kier alpha value is -2.70. The summed E-state index contributed by atoms with van der Waals surface area (Å²) in [5, 5.41) is 18.1. The maximum atomic E-state index is 12.0. The van der Waals surface area contributed by atoms with Gasteiger partial charge in [0.15, 0.2) is 6.04 Å². The maximum absolute atomic E-state index is 12.0. The van der Waals surface area contributed by atoms with E-state index in [4.69, 9.17) is 0 Å². The number of aromatic amines is 1. The lowest BCUT2D eigenvalue weighted by molar-refractivity contribution is -0.139. The van der Waals surface area contributed by atoms with E-state index in [0.717, 1.165) is 0 Å². The Balaban J connectivity index is 2.17. The molecule has 7 heteroatoms. The largest absolute Gasteiger partial charge is 0.479 e. The summed E-state index contributed by atoms with van der Waals surface area (Å²) in [6, 6.07) is 7.32. The van der Waals surface area contributed by atoms with Crippen molar-refractivity contribution in [3.05, 3.63) is 47.5 Å². The molecule has 0 bridgehead atoms. The average molecular weight is 288 g/mol. The van der Waals surface area contributed by atoms with E-state index >= 15 is 0 Å². The highest BCUT2D eigenvalue weighted by Gasteiger charge is 2.24. The lowest BCUT2D eigenvalue weighted by Crippen LogP contribution is -2.34. The van der Waals surface area contributed by atoms with Crippen molar-refractivity contribution < 1.29 is 14.7 Å². The Morgan fingerprint density at radius 3 is 2.43 bits per heavy atom. The zero-order chi connectivity index (χ0) is 15.4. The molecule has 1 heterocycles. The number of benzene rings is 1. The van der Waals surface area contributed by atoms with E-state index in [1.54, 1.807) is 30.3 Å². The Bertz CT molecular complexity index is 637. The fourth-order valence-corrected chi connectivity index (χ4v) is 1.76. The number of carboxylic acid groups (broad SMARTS) is 1. The molecule has 0 aliphatic carbocycles. The number of carboxylic acids is 1. The van der Waals surface area contributed by atoms with Crippen molar-refractivity contribution >= 4 is 11.9 Å². The summed E-state index contributed by atoms with van der Waals surface area (Å²) in [4.78, 5) is 27.4. The van der Waals surface area contributed by atoms with Crippen molar-refractivity contribution in [1.29, 1.82) is 0 Å². The molecule has 110 valence electrons. The van der Waals surface area contributed by atoms with E-state index in [2.05, 4.69) is 20.5 Å². The van der Waals surface area contributed by atoms with Gasteiger partial charge in [0, 0.05) is 5.92 Å². The van der Waals surface area contributed by atoms with Gasteiger partial charge in [0.25, 0.3) is 5.91 Å². The van der Waals surface area contributed by atoms with Crippen LogP contribution in [0.3, 0.4) is 0 Å². The van der Waals surface area contributed by atoms with Gasteiger partial charge in [-0.05, 0) is 5.56 Å². The number of rotatable bonds is 5. The summed E-state index contributed by atoms with van der Waals surface area (Å²) in [5.74, 6) is -1.17. The van der Waals surface area contributed by atoms with Gasteiger partial charge < -0.3 is 10.4 Å². The number of aromatic nitrogens is 3. The van der Waals surface area contributed by atoms with E-state index in [1.807, 2.05) is 13.8 Å². The van der Waals surface area contributed by atoms with Gasteiger partial charge in [-0.3, -0.25) is 9.89 Å². The average Bonchev–Trinajstić information content (AvgIpc) is 2.95. The van der Waals surface area contributed by atoms with E-state index in [-0.39, 0.29) is 11.7 Å². The number of hydrogen-bond donors (Lipinski definition) is 3. The highest BCUT2D eigenvalue weighted by molar-refractivity contribution is 5.93. The third kappa shape index (κ3) is 3.44. The molecule has 1 aromatic heterocycles. The molecule has 0 aliphatic heterocycles. The van der Waals surface area contributed by atoms with Crippen LogP contribution in [0.15, 0.2) is 30.3 Å². The third-order valence-corrected chi connectivity index (χ3v) is 2.91. The van der Waals surface area contributed by atoms with Crippen LogP contribution in [0.5, 0.6) is 0 Å².